The summed E-state index contributed by atoms with van der Waals surface area (Å²) < 4.78 is 8.72. The molecule has 0 fully saturated rings. The number of fused-ring (bicyclic) bond motifs is 9. The predicted octanol–water partition coefficient (Wildman–Crippen LogP) is 14.1. The molecule has 54 heavy (non-hydrogen) atoms. The SMILES string of the molecule is CC1Cc2ccccc2-c2cccc(-c3ccc(N(c4ccc5oc6ccccc6c5c4)c4ccccc4-n4c5ccccc5c5ccccc54)cc3)c21. The minimum Gasteiger partial charge on any atom is -0.456 e. The summed E-state index contributed by atoms with van der Waals surface area (Å²) in [4.78, 5) is 2.41. The standard InChI is InChI=1S/C51H36N2O/c1-33-31-35-13-2-3-14-38(35)43-19-12-18-39(51(33)43)34-25-27-36(28-26-34)52(37-29-30-50-44(32-37)42-17-6-11-24-49(42)54-50)47-22-9-10-23-48(47)53-45-20-7-4-15-40(45)41-16-5-8-21-46(41)53/h2-30,32-33H,31H2,1H3. The minimum atomic E-state index is 0.428. The van der Waals surface area contributed by atoms with Crippen molar-refractivity contribution >= 4 is 60.8 Å². The Balaban J connectivity index is 1.12. The van der Waals surface area contributed by atoms with Gasteiger partial charge in [-0.2, -0.15) is 0 Å². The smallest absolute Gasteiger partial charge is 0.135 e. The fourth-order valence-electron chi connectivity index (χ4n) is 9.07. The van der Waals surface area contributed by atoms with Gasteiger partial charge in [-0.15, -0.1) is 0 Å². The molecule has 0 radical (unpaired) electrons. The first kappa shape index (κ1) is 30.8. The molecule has 3 nitrogen and oxygen atoms in total. The zero-order valence-electron chi connectivity index (χ0n) is 29.9. The first-order valence-corrected chi connectivity index (χ1v) is 18.8. The van der Waals surface area contributed by atoms with E-state index in [1.807, 2.05) is 12.1 Å². The maximum absolute atomic E-state index is 6.30. The van der Waals surface area contributed by atoms with Crippen LogP contribution in [0.3, 0.4) is 0 Å². The van der Waals surface area contributed by atoms with Crippen molar-refractivity contribution in [2.45, 2.75) is 19.3 Å². The molecule has 0 amide bonds. The van der Waals surface area contributed by atoms with Crippen LogP contribution in [0.4, 0.5) is 17.1 Å². The van der Waals surface area contributed by atoms with Gasteiger partial charge in [-0.3, -0.25) is 0 Å². The third-order valence-electron chi connectivity index (χ3n) is 11.4. The Morgan fingerprint density at radius 3 is 1.93 bits per heavy atom. The first-order chi connectivity index (χ1) is 26.7. The number of aromatic nitrogens is 1. The number of furan rings is 1. The molecular formula is C51H36N2O. The van der Waals surface area contributed by atoms with Gasteiger partial charge in [0, 0.05) is 32.9 Å². The van der Waals surface area contributed by atoms with Crippen molar-refractivity contribution < 1.29 is 4.42 Å². The number of para-hydroxylation sites is 5. The van der Waals surface area contributed by atoms with E-state index in [0.29, 0.717) is 5.92 Å². The summed E-state index contributed by atoms with van der Waals surface area (Å²) in [7, 11) is 0. The molecule has 1 aliphatic rings. The summed E-state index contributed by atoms with van der Waals surface area (Å²) in [5.41, 5.74) is 16.6. The average molecular weight is 693 g/mol. The normalized spacial score (nSPS) is 13.8. The molecule has 8 aromatic carbocycles. The molecule has 0 saturated heterocycles. The Kier molecular flexibility index (Phi) is 6.90. The Bertz CT molecular complexity index is 3000. The third-order valence-corrected chi connectivity index (χ3v) is 11.4. The van der Waals surface area contributed by atoms with Crippen LogP contribution in [0.1, 0.15) is 24.0 Å². The van der Waals surface area contributed by atoms with Crippen LogP contribution in [-0.4, -0.2) is 4.57 Å². The molecule has 0 saturated carbocycles. The van der Waals surface area contributed by atoms with Gasteiger partial charge in [0.25, 0.3) is 0 Å². The highest BCUT2D eigenvalue weighted by Gasteiger charge is 2.25. The Hall–Kier alpha value is -6.84. The van der Waals surface area contributed by atoms with E-state index in [9.17, 15) is 0 Å². The van der Waals surface area contributed by atoms with Crippen LogP contribution in [0.5, 0.6) is 0 Å². The van der Waals surface area contributed by atoms with E-state index >= 15 is 0 Å². The van der Waals surface area contributed by atoms with Gasteiger partial charge in [0.05, 0.1) is 22.4 Å². The van der Waals surface area contributed by atoms with Crippen molar-refractivity contribution in [1.82, 2.24) is 4.57 Å². The van der Waals surface area contributed by atoms with E-state index < -0.39 is 0 Å². The van der Waals surface area contributed by atoms with Gasteiger partial charge in [0.15, 0.2) is 0 Å². The van der Waals surface area contributed by atoms with Gasteiger partial charge < -0.3 is 13.9 Å². The summed E-state index contributed by atoms with van der Waals surface area (Å²) in [6.45, 7) is 2.37. The van der Waals surface area contributed by atoms with E-state index in [1.54, 1.807) is 0 Å². The van der Waals surface area contributed by atoms with Crippen LogP contribution in [0.25, 0.3) is 71.7 Å². The molecule has 1 aliphatic carbocycles. The summed E-state index contributed by atoms with van der Waals surface area (Å²) in [5, 5.41) is 4.70. The Labute approximate surface area is 314 Å². The van der Waals surface area contributed by atoms with Crippen LogP contribution < -0.4 is 4.90 Å². The predicted molar refractivity (Wildman–Crippen MR) is 226 cm³/mol. The Morgan fingerprint density at radius 1 is 0.500 bits per heavy atom. The second kappa shape index (κ2) is 12.1. The lowest BCUT2D eigenvalue weighted by molar-refractivity contribution is 0.669. The fraction of sp³-hybridized carbons (Fsp3) is 0.0588. The second-order valence-corrected chi connectivity index (χ2v) is 14.5. The maximum Gasteiger partial charge on any atom is 0.135 e. The molecule has 10 aromatic rings. The molecule has 1 unspecified atom stereocenters. The topological polar surface area (TPSA) is 21.3 Å². The van der Waals surface area contributed by atoms with E-state index in [1.165, 1.54) is 55.2 Å². The highest BCUT2D eigenvalue weighted by molar-refractivity contribution is 6.10. The molecule has 0 spiro atoms. The van der Waals surface area contributed by atoms with Crippen LogP contribution in [0.2, 0.25) is 0 Å². The molecule has 0 N–H and O–H groups in total. The largest absolute Gasteiger partial charge is 0.456 e. The van der Waals surface area contributed by atoms with E-state index in [0.717, 1.165) is 51.1 Å². The number of rotatable bonds is 5. The van der Waals surface area contributed by atoms with Crippen molar-refractivity contribution in [3.05, 3.63) is 193 Å². The van der Waals surface area contributed by atoms with E-state index in [2.05, 4.69) is 186 Å². The van der Waals surface area contributed by atoms with E-state index in [4.69, 9.17) is 4.42 Å². The lowest BCUT2D eigenvalue weighted by Crippen LogP contribution is -2.13. The summed E-state index contributed by atoms with van der Waals surface area (Å²) >= 11 is 0. The van der Waals surface area contributed by atoms with Crippen molar-refractivity contribution in [3.8, 4) is 27.9 Å². The van der Waals surface area contributed by atoms with Crippen molar-refractivity contribution in [2.75, 3.05) is 4.90 Å². The molecular weight excluding hydrogens is 657 g/mol. The maximum atomic E-state index is 6.30. The zero-order valence-corrected chi connectivity index (χ0v) is 29.9. The van der Waals surface area contributed by atoms with Crippen LogP contribution in [-0.2, 0) is 6.42 Å². The van der Waals surface area contributed by atoms with Crippen molar-refractivity contribution in [3.63, 3.8) is 0 Å². The molecule has 3 heteroatoms. The summed E-state index contributed by atoms with van der Waals surface area (Å²) in [6, 6.07) is 66.0. The average Bonchev–Trinajstić information content (AvgIpc) is 3.77. The lowest BCUT2D eigenvalue weighted by atomic mass is 9.76. The quantitative estimate of drug-likeness (QED) is 0.179. The molecule has 2 heterocycles. The number of hydrogen-bond donors (Lipinski definition) is 0. The molecule has 11 rings (SSSR count). The van der Waals surface area contributed by atoms with Crippen molar-refractivity contribution in [2.24, 2.45) is 0 Å². The van der Waals surface area contributed by atoms with E-state index in [-0.39, 0.29) is 0 Å². The second-order valence-electron chi connectivity index (χ2n) is 14.5. The van der Waals surface area contributed by atoms with Gasteiger partial charge in [0.1, 0.15) is 11.2 Å². The first-order valence-electron chi connectivity index (χ1n) is 18.8. The molecule has 0 aliphatic heterocycles. The van der Waals surface area contributed by atoms with Gasteiger partial charge in [0.2, 0.25) is 0 Å². The zero-order chi connectivity index (χ0) is 35.8. The number of anilines is 3. The number of hydrogen-bond acceptors (Lipinski definition) is 2. The van der Waals surface area contributed by atoms with Gasteiger partial charge >= 0.3 is 0 Å². The van der Waals surface area contributed by atoms with Crippen LogP contribution >= 0.6 is 0 Å². The molecule has 0 bridgehead atoms. The molecule has 256 valence electrons. The van der Waals surface area contributed by atoms with Gasteiger partial charge in [-0.25, -0.2) is 0 Å². The van der Waals surface area contributed by atoms with Crippen LogP contribution in [0, 0.1) is 0 Å². The van der Waals surface area contributed by atoms with Gasteiger partial charge in [-0.1, -0.05) is 128 Å². The van der Waals surface area contributed by atoms with Crippen LogP contribution in [0.15, 0.2) is 186 Å². The lowest BCUT2D eigenvalue weighted by Gasteiger charge is -2.29. The highest BCUT2D eigenvalue weighted by Crippen LogP contribution is 2.46. The van der Waals surface area contributed by atoms with Gasteiger partial charge in [-0.05, 0) is 106 Å². The highest BCUT2D eigenvalue weighted by atomic mass is 16.3. The number of benzene rings is 8. The molecule has 1 atom stereocenters. The number of nitrogens with zero attached hydrogens (tertiary/aromatic N) is 2. The fourth-order valence-corrected chi connectivity index (χ4v) is 9.07. The third kappa shape index (κ3) is 4.68. The summed E-state index contributed by atoms with van der Waals surface area (Å²) in [6.07, 6.45) is 1.05. The summed E-state index contributed by atoms with van der Waals surface area (Å²) in [5.74, 6) is 0.428. The van der Waals surface area contributed by atoms with Crippen molar-refractivity contribution in [1.29, 1.82) is 0 Å². The Morgan fingerprint density at radius 2 is 1.11 bits per heavy atom. The molecule has 2 aromatic heterocycles. The monoisotopic (exact) mass is 692 g/mol. The minimum absolute atomic E-state index is 0.428.